The van der Waals surface area contributed by atoms with E-state index in [9.17, 15) is 14.7 Å². The fourth-order valence-electron chi connectivity index (χ4n) is 2.52. The molecule has 2 rings (SSSR count). The highest BCUT2D eigenvalue weighted by molar-refractivity contribution is 5.88. The van der Waals surface area contributed by atoms with Gasteiger partial charge < -0.3 is 15.7 Å². The number of fused-ring (bicyclic) bond motifs is 1. The molecule has 0 aliphatic carbocycles. The topological polar surface area (TPSA) is 83.6 Å². The molecule has 1 aromatic rings. The molecule has 0 spiro atoms. The van der Waals surface area contributed by atoms with Crippen LogP contribution in [0.2, 0.25) is 0 Å². The number of carbonyl (C=O) groups is 2. The Balaban J connectivity index is 2.33. The zero-order valence-electron chi connectivity index (χ0n) is 12.7. The molecular weight excluding hydrogens is 268 g/mol. The third-order valence-electron chi connectivity index (χ3n) is 4.02. The van der Waals surface area contributed by atoms with Crippen LogP contribution in [0.15, 0.2) is 24.3 Å². The molecule has 1 amide bonds. The van der Waals surface area contributed by atoms with Crippen molar-refractivity contribution in [2.45, 2.75) is 45.8 Å². The van der Waals surface area contributed by atoms with Crippen LogP contribution in [0.5, 0.6) is 0 Å². The molecular formula is C16H22N2O3. The maximum Gasteiger partial charge on any atom is 0.326 e. The van der Waals surface area contributed by atoms with Crippen molar-refractivity contribution in [3.05, 3.63) is 35.4 Å². The van der Waals surface area contributed by atoms with E-state index >= 15 is 0 Å². The molecule has 5 nitrogen and oxygen atoms in total. The summed E-state index contributed by atoms with van der Waals surface area (Å²) in [6, 6.07) is 6.06. The molecule has 1 aromatic carbocycles. The van der Waals surface area contributed by atoms with Crippen LogP contribution in [0.4, 0.5) is 0 Å². The van der Waals surface area contributed by atoms with E-state index in [0.717, 1.165) is 11.1 Å². The first kappa shape index (κ1) is 15.5. The first-order chi connectivity index (χ1) is 9.71. The number of aliphatic carboxylic acids is 1. The molecule has 0 fully saturated rings. The Labute approximate surface area is 124 Å². The summed E-state index contributed by atoms with van der Waals surface area (Å²) in [7, 11) is 0. The van der Waals surface area contributed by atoms with Gasteiger partial charge in [0.1, 0.15) is 6.04 Å². The minimum absolute atomic E-state index is 0.301. The highest BCUT2D eigenvalue weighted by atomic mass is 16.4. The van der Waals surface area contributed by atoms with E-state index in [1.807, 2.05) is 45.0 Å². The SMILES string of the molecule is CC(C)(C)[C@H](N)C(=O)N1Cc2ccccc2C[C@H]1C(=O)O. The molecule has 1 aliphatic heterocycles. The van der Waals surface area contributed by atoms with Gasteiger partial charge in [0.05, 0.1) is 6.04 Å². The standard InChI is InChI=1S/C16H22N2O3/c1-16(2,3)13(17)14(19)18-9-11-7-5-4-6-10(11)8-12(18)15(20)21/h4-7,12-13H,8-9,17H2,1-3H3,(H,20,21)/t12-,13+/m0/s1. The highest BCUT2D eigenvalue weighted by Crippen LogP contribution is 2.27. The lowest BCUT2D eigenvalue weighted by Crippen LogP contribution is -2.56. The molecule has 0 bridgehead atoms. The quantitative estimate of drug-likeness (QED) is 0.862. The summed E-state index contributed by atoms with van der Waals surface area (Å²) in [5.41, 5.74) is 7.59. The second-order valence-electron chi connectivity index (χ2n) is 6.64. The number of carboxylic acid groups (broad SMARTS) is 1. The molecule has 2 atom stereocenters. The van der Waals surface area contributed by atoms with Crippen LogP contribution in [0.1, 0.15) is 31.9 Å². The van der Waals surface area contributed by atoms with E-state index in [1.54, 1.807) is 0 Å². The van der Waals surface area contributed by atoms with Gasteiger partial charge in [0.15, 0.2) is 0 Å². The van der Waals surface area contributed by atoms with E-state index in [4.69, 9.17) is 5.73 Å². The number of rotatable bonds is 2. The van der Waals surface area contributed by atoms with Crippen molar-refractivity contribution in [1.29, 1.82) is 0 Å². The smallest absolute Gasteiger partial charge is 0.326 e. The average molecular weight is 290 g/mol. The van der Waals surface area contributed by atoms with Crippen LogP contribution in [-0.4, -0.2) is 34.0 Å². The Morgan fingerprint density at radius 3 is 2.38 bits per heavy atom. The number of nitrogens with zero attached hydrogens (tertiary/aromatic N) is 1. The van der Waals surface area contributed by atoms with Crippen molar-refractivity contribution in [2.75, 3.05) is 0 Å². The van der Waals surface area contributed by atoms with Crippen LogP contribution in [0.3, 0.4) is 0 Å². The third kappa shape index (κ3) is 3.08. The van der Waals surface area contributed by atoms with Crippen LogP contribution in [0.25, 0.3) is 0 Å². The largest absolute Gasteiger partial charge is 0.480 e. The number of hydrogen-bond donors (Lipinski definition) is 2. The summed E-state index contributed by atoms with van der Waals surface area (Å²) in [4.78, 5) is 25.5. The van der Waals surface area contributed by atoms with Gasteiger partial charge in [0.2, 0.25) is 5.91 Å². The first-order valence-electron chi connectivity index (χ1n) is 7.07. The van der Waals surface area contributed by atoms with Crippen LogP contribution >= 0.6 is 0 Å². The number of carbonyl (C=O) groups excluding carboxylic acids is 1. The molecule has 0 radical (unpaired) electrons. The summed E-state index contributed by atoms with van der Waals surface area (Å²) in [5, 5.41) is 9.43. The van der Waals surface area contributed by atoms with Gasteiger partial charge in [-0.3, -0.25) is 4.79 Å². The molecule has 114 valence electrons. The lowest BCUT2D eigenvalue weighted by Gasteiger charge is -2.38. The molecule has 21 heavy (non-hydrogen) atoms. The lowest BCUT2D eigenvalue weighted by atomic mass is 9.85. The normalized spacial score (nSPS) is 19.8. The number of benzene rings is 1. The Morgan fingerprint density at radius 1 is 1.29 bits per heavy atom. The van der Waals surface area contributed by atoms with Gasteiger partial charge in [-0.15, -0.1) is 0 Å². The van der Waals surface area contributed by atoms with Crippen LogP contribution in [0, 0.1) is 5.41 Å². The van der Waals surface area contributed by atoms with Crippen molar-refractivity contribution < 1.29 is 14.7 Å². The van der Waals surface area contributed by atoms with E-state index in [2.05, 4.69) is 0 Å². The third-order valence-corrected chi connectivity index (χ3v) is 4.02. The second kappa shape index (κ2) is 5.48. The number of nitrogens with two attached hydrogens (primary N) is 1. The first-order valence-corrected chi connectivity index (χ1v) is 7.07. The maximum atomic E-state index is 12.6. The molecule has 0 aromatic heterocycles. The number of amides is 1. The molecule has 0 saturated heterocycles. The highest BCUT2D eigenvalue weighted by Gasteiger charge is 2.39. The molecule has 0 unspecified atom stereocenters. The lowest BCUT2D eigenvalue weighted by molar-refractivity contribution is -0.153. The van der Waals surface area contributed by atoms with Gasteiger partial charge >= 0.3 is 5.97 Å². The Bertz CT molecular complexity index is 563. The van der Waals surface area contributed by atoms with Crippen molar-refractivity contribution >= 4 is 11.9 Å². The predicted molar refractivity (Wildman–Crippen MR) is 79.6 cm³/mol. The molecule has 3 N–H and O–H groups in total. The maximum absolute atomic E-state index is 12.6. The van der Waals surface area contributed by atoms with E-state index < -0.39 is 23.5 Å². The van der Waals surface area contributed by atoms with Gasteiger partial charge in [-0.1, -0.05) is 45.0 Å². The van der Waals surface area contributed by atoms with Crippen molar-refractivity contribution in [1.82, 2.24) is 4.90 Å². The summed E-state index contributed by atoms with van der Waals surface area (Å²) in [5.74, 6) is -1.29. The molecule has 1 aliphatic rings. The van der Waals surface area contributed by atoms with Crippen LogP contribution in [-0.2, 0) is 22.6 Å². The number of carboxylic acids is 1. The Kier molecular flexibility index (Phi) is 4.05. The van der Waals surface area contributed by atoms with Crippen molar-refractivity contribution in [3.63, 3.8) is 0 Å². The van der Waals surface area contributed by atoms with Gasteiger partial charge in [0.25, 0.3) is 0 Å². The summed E-state index contributed by atoms with van der Waals surface area (Å²) in [6.45, 7) is 5.94. The van der Waals surface area contributed by atoms with Crippen molar-refractivity contribution in [2.24, 2.45) is 11.1 Å². The Morgan fingerprint density at radius 2 is 1.86 bits per heavy atom. The minimum Gasteiger partial charge on any atom is -0.480 e. The summed E-state index contributed by atoms with van der Waals surface area (Å²) < 4.78 is 0. The van der Waals surface area contributed by atoms with Gasteiger partial charge in [-0.25, -0.2) is 4.79 Å². The number of hydrogen-bond acceptors (Lipinski definition) is 3. The van der Waals surface area contributed by atoms with E-state index in [1.165, 1.54) is 4.90 Å². The fraction of sp³-hybridized carbons (Fsp3) is 0.500. The fourth-order valence-corrected chi connectivity index (χ4v) is 2.52. The minimum atomic E-state index is -0.987. The summed E-state index contributed by atoms with van der Waals surface area (Å²) >= 11 is 0. The van der Waals surface area contributed by atoms with Gasteiger partial charge in [-0.2, -0.15) is 0 Å². The Hall–Kier alpha value is -1.88. The molecule has 0 saturated carbocycles. The van der Waals surface area contributed by atoms with Gasteiger partial charge in [0, 0.05) is 13.0 Å². The molecule has 5 heteroatoms. The monoisotopic (exact) mass is 290 g/mol. The zero-order valence-corrected chi connectivity index (χ0v) is 12.7. The summed E-state index contributed by atoms with van der Waals surface area (Å²) in [6.07, 6.45) is 0.327. The van der Waals surface area contributed by atoms with E-state index in [-0.39, 0.29) is 5.91 Å². The second-order valence-corrected chi connectivity index (χ2v) is 6.64. The average Bonchev–Trinajstić information content (AvgIpc) is 2.43. The zero-order chi connectivity index (χ0) is 15.8. The van der Waals surface area contributed by atoms with Crippen molar-refractivity contribution in [3.8, 4) is 0 Å². The van der Waals surface area contributed by atoms with E-state index in [0.29, 0.717) is 13.0 Å². The van der Waals surface area contributed by atoms with Crippen LogP contribution < -0.4 is 5.73 Å². The van der Waals surface area contributed by atoms with Gasteiger partial charge in [-0.05, 0) is 16.5 Å². The predicted octanol–water partition coefficient (Wildman–Crippen LogP) is 1.40. The molecule has 1 heterocycles.